The molecule has 0 spiro atoms. The van der Waals surface area contributed by atoms with Gasteiger partial charge < -0.3 is 24.6 Å². The van der Waals surface area contributed by atoms with Crippen molar-refractivity contribution >= 4 is 51.1 Å². The third-order valence-electron chi connectivity index (χ3n) is 6.73. The highest BCUT2D eigenvalue weighted by molar-refractivity contribution is 6.36. The third kappa shape index (κ3) is 4.33. The number of halogens is 1. The number of amides is 3. The lowest BCUT2D eigenvalue weighted by Gasteiger charge is -2.15. The maximum absolute atomic E-state index is 13.2. The van der Waals surface area contributed by atoms with Crippen molar-refractivity contribution < 1.29 is 24.2 Å². The maximum Gasteiger partial charge on any atom is 0.259 e. The molecule has 0 bridgehead atoms. The first-order valence-corrected chi connectivity index (χ1v) is 12.5. The van der Waals surface area contributed by atoms with E-state index in [0.717, 1.165) is 12.1 Å². The van der Waals surface area contributed by atoms with Gasteiger partial charge in [-0.25, -0.2) is 0 Å². The fourth-order valence-electron chi connectivity index (χ4n) is 5.03. The van der Waals surface area contributed by atoms with E-state index < -0.39 is 11.8 Å². The number of benzene rings is 3. The van der Waals surface area contributed by atoms with E-state index in [9.17, 15) is 19.5 Å². The topological polar surface area (TPSA) is 113 Å². The minimum atomic E-state index is -0.537. The summed E-state index contributed by atoms with van der Waals surface area (Å²) in [6, 6.07) is 11.8. The van der Waals surface area contributed by atoms with Gasteiger partial charge in [0, 0.05) is 53.5 Å². The lowest BCUT2D eigenvalue weighted by atomic mass is 9.92. The molecule has 2 heterocycles. The molecule has 9 nitrogen and oxygen atoms in total. The van der Waals surface area contributed by atoms with Gasteiger partial charge in [-0.05, 0) is 50.5 Å². The van der Waals surface area contributed by atoms with Crippen molar-refractivity contribution in [2.24, 2.45) is 0 Å². The summed E-state index contributed by atoms with van der Waals surface area (Å²) in [6.45, 7) is 1.56. The Morgan fingerprint density at radius 1 is 1.08 bits per heavy atom. The molecule has 3 amide bonds. The van der Waals surface area contributed by atoms with Gasteiger partial charge in [-0.3, -0.25) is 19.7 Å². The zero-order chi connectivity index (χ0) is 27.1. The Labute approximate surface area is 223 Å². The van der Waals surface area contributed by atoms with Crippen LogP contribution in [0.5, 0.6) is 11.5 Å². The lowest BCUT2D eigenvalue weighted by Crippen LogP contribution is -2.31. The van der Waals surface area contributed by atoms with E-state index in [0.29, 0.717) is 51.3 Å². The minimum Gasteiger partial charge on any atom is -0.508 e. The number of aromatic nitrogens is 1. The molecule has 1 aliphatic heterocycles. The number of phenolic OH excluding ortho intramolecular Hbond substituents is 1. The first kappa shape index (κ1) is 25.6. The van der Waals surface area contributed by atoms with Crippen LogP contribution in [0.15, 0.2) is 42.5 Å². The first-order valence-electron chi connectivity index (χ1n) is 12.1. The molecule has 196 valence electrons. The lowest BCUT2D eigenvalue weighted by molar-refractivity contribution is -0.121. The molecule has 1 aromatic heterocycles. The molecule has 3 aromatic carbocycles. The number of aryl methyl sites for hydroxylation is 1. The van der Waals surface area contributed by atoms with Gasteiger partial charge in [0.2, 0.25) is 5.91 Å². The first-order chi connectivity index (χ1) is 18.2. The summed E-state index contributed by atoms with van der Waals surface area (Å²) in [4.78, 5) is 40.8. The highest BCUT2D eigenvalue weighted by Gasteiger charge is 2.35. The molecule has 0 unspecified atom stereocenters. The molecule has 10 heteroatoms. The van der Waals surface area contributed by atoms with Crippen LogP contribution in [-0.4, -0.2) is 66.6 Å². The Bertz CT molecular complexity index is 1630. The van der Waals surface area contributed by atoms with Gasteiger partial charge in [-0.1, -0.05) is 17.7 Å². The highest BCUT2D eigenvalue weighted by Crippen LogP contribution is 2.45. The van der Waals surface area contributed by atoms with Gasteiger partial charge in [0.05, 0.1) is 28.8 Å². The van der Waals surface area contributed by atoms with E-state index in [4.69, 9.17) is 16.3 Å². The van der Waals surface area contributed by atoms with E-state index in [-0.39, 0.29) is 29.2 Å². The zero-order valence-corrected chi connectivity index (χ0v) is 22.0. The van der Waals surface area contributed by atoms with Gasteiger partial charge in [0.1, 0.15) is 11.5 Å². The second-order valence-corrected chi connectivity index (χ2v) is 9.83. The molecule has 0 radical (unpaired) electrons. The summed E-state index contributed by atoms with van der Waals surface area (Å²) >= 11 is 6.60. The number of nitrogens with zero attached hydrogens (tertiary/aromatic N) is 2. The number of hydrogen-bond acceptors (Lipinski definition) is 6. The second-order valence-electron chi connectivity index (χ2n) is 9.42. The average molecular weight is 535 g/mol. The number of hydrogen-bond donors (Lipinski definition) is 3. The summed E-state index contributed by atoms with van der Waals surface area (Å²) in [5.74, 6) is -0.709. The summed E-state index contributed by atoms with van der Waals surface area (Å²) in [5, 5.41) is 17.1. The molecule has 0 atom stereocenters. The molecule has 1 aliphatic rings. The van der Waals surface area contributed by atoms with E-state index in [1.807, 2.05) is 23.6 Å². The number of ether oxygens (including phenoxy) is 1. The smallest absolute Gasteiger partial charge is 0.259 e. The van der Waals surface area contributed by atoms with Gasteiger partial charge in [-0.15, -0.1) is 0 Å². The number of rotatable bonds is 8. The van der Waals surface area contributed by atoms with Crippen molar-refractivity contribution in [3.63, 3.8) is 0 Å². The van der Waals surface area contributed by atoms with Crippen LogP contribution in [0.25, 0.3) is 32.9 Å². The number of methoxy groups -OCH3 is 1. The van der Waals surface area contributed by atoms with Crippen LogP contribution in [0.4, 0.5) is 0 Å². The van der Waals surface area contributed by atoms with E-state index in [1.165, 1.54) is 7.11 Å². The summed E-state index contributed by atoms with van der Waals surface area (Å²) in [6.07, 6.45) is 0.195. The quantitative estimate of drug-likeness (QED) is 0.297. The number of nitrogens with one attached hydrogen (secondary N) is 2. The molecule has 0 fully saturated rings. The summed E-state index contributed by atoms with van der Waals surface area (Å²) in [7, 11) is 5.38. The van der Waals surface area contributed by atoms with E-state index >= 15 is 0 Å². The number of likely N-dealkylation sites (N-methyl/N-ethyl adjacent to an activating group) is 1. The number of carbonyl (C=O) groups excluding carboxylic acids is 3. The van der Waals surface area contributed by atoms with Gasteiger partial charge in [0.25, 0.3) is 11.8 Å². The molecule has 5 rings (SSSR count). The molecule has 0 saturated carbocycles. The van der Waals surface area contributed by atoms with Crippen LogP contribution in [0.2, 0.25) is 5.02 Å². The van der Waals surface area contributed by atoms with Crippen LogP contribution < -0.4 is 15.4 Å². The normalized spacial score (nSPS) is 12.9. The number of carbonyl (C=O) groups is 3. The predicted octanol–water partition coefficient (Wildman–Crippen LogP) is 3.78. The SMILES string of the molecule is COc1cccc(Cl)c1-c1cc2c(c3c1C(=O)NC3=O)c1cc(O)ccc1n2CCC(=O)NCCN(C)C. The maximum atomic E-state index is 13.2. The average Bonchev–Trinajstić information content (AvgIpc) is 3.34. The second kappa shape index (κ2) is 10.00. The molecule has 4 aromatic rings. The fourth-order valence-corrected chi connectivity index (χ4v) is 5.30. The Morgan fingerprint density at radius 2 is 1.84 bits per heavy atom. The third-order valence-corrected chi connectivity index (χ3v) is 7.04. The molecular formula is C28H27ClN4O5. The Balaban J connectivity index is 1.74. The fraction of sp³-hybridized carbons (Fsp3) is 0.250. The Morgan fingerprint density at radius 3 is 2.58 bits per heavy atom. The highest BCUT2D eigenvalue weighted by atomic mass is 35.5. The Kier molecular flexibility index (Phi) is 6.73. The minimum absolute atomic E-state index is 0.0216. The van der Waals surface area contributed by atoms with Gasteiger partial charge >= 0.3 is 0 Å². The molecule has 0 saturated heterocycles. The van der Waals surface area contributed by atoms with Crippen molar-refractivity contribution in [2.45, 2.75) is 13.0 Å². The number of imide groups is 1. The van der Waals surface area contributed by atoms with Crippen LogP contribution in [-0.2, 0) is 11.3 Å². The van der Waals surface area contributed by atoms with Crippen LogP contribution in [0, 0.1) is 0 Å². The van der Waals surface area contributed by atoms with Crippen LogP contribution in [0.1, 0.15) is 27.1 Å². The van der Waals surface area contributed by atoms with Crippen molar-refractivity contribution in [1.29, 1.82) is 0 Å². The van der Waals surface area contributed by atoms with Crippen LogP contribution in [0.3, 0.4) is 0 Å². The standard InChI is InChI=1S/C28H27ClN4O5/c1-32(2)12-10-30-22(35)9-11-33-19-8-7-15(34)13-16(19)24-20(33)14-17(25-26(24)28(37)31-27(25)36)23-18(29)5-4-6-21(23)38-3/h4-8,13-14,34H,9-12H2,1-3H3,(H,30,35)(H,31,36,37). The van der Waals surface area contributed by atoms with Gasteiger partial charge in [-0.2, -0.15) is 0 Å². The predicted molar refractivity (Wildman–Crippen MR) is 146 cm³/mol. The largest absolute Gasteiger partial charge is 0.508 e. The van der Waals surface area contributed by atoms with Crippen LogP contribution >= 0.6 is 11.6 Å². The van der Waals surface area contributed by atoms with Crippen molar-refractivity contribution in [2.75, 3.05) is 34.3 Å². The molecular weight excluding hydrogens is 508 g/mol. The monoisotopic (exact) mass is 534 g/mol. The molecule has 0 aliphatic carbocycles. The zero-order valence-electron chi connectivity index (χ0n) is 21.2. The molecule has 3 N–H and O–H groups in total. The molecule has 38 heavy (non-hydrogen) atoms. The number of fused-ring (bicyclic) bond motifs is 5. The van der Waals surface area contributed by atoms with Crippen molar-refractivity contribution in [3.8, 4) is 22.6 Å². The van der Waals surface area contributed by atoms with Crippen molar-refractivity contribution in [3.05, 3.63) is 58.6 Å². The van der Waals surface area contributed by atoms with E-state index in [1.54, 1.807) is 42.5 Å². The summed E-state index contributed by atoms with van der Waals surface area (Å²) in [5.41, 5.74) is 2.68. The van der Waals surface area contributed by atoms with Crippen molar-refractivity contribution in [1.82, 2.24) is 20.1 Å². The number of aromatic hydroxyl groups is 1. The summed E-state index contributed by atoms with van der Waals surface area (Å²) < 4.78 is 7.48. The number of phenols is 1. The Hall–Kier alpha value is -4.08. The van der Waals surface area contributed by atoms with Gasteiger partial charge in [0.15, 0.2) is 0 Å². The van der Waals surface area contributed by atoms with E-state index in [2.05, 4.69) is 10.6 Å².